The van der Waals surface area contributed by atoms with E-state index >= 15 is 0 Å². The predicted octanol–water partition coefficient (Wildman–Crippen LogP) is 0.881. The molecule has 0 spiro atoms. The van der Waals surface area contributed by atoms with Gasteiger partial charge in [0.05, 0.1) is 24.0 Å². The molecule has 20 heavy (non-hydrogen) atoms. The van der Waals surface area contributed by atoms with E-state index in [4.69, 9.17) is 10.5 Å². The summed E-state index contributed by atoms with van der Waals surface area (Å²) >= 11 is 0. The SMILES string of the molecule is CCOc1cccc(N2CCN3C(=O)NCC3C2)c1N. The molecule has 3 rings (SSSR count). The molecule has 1 unspecified atom stereocenters. The first kappa shape index (κ1) is 12.9. The van der Waals surface area contributed by atoms with Gasteiger partial charge in [0, 0.05) is 26.2 Å². The van der Waals surface area contributed by atoms with E-state index in [1.807, 2.05) is 30.0 Å². The number of benzene rings is 1. The van der Waals surface area contributed by atoms with Crippen molar-refractivity contribution in [3.63, 3.8) is 0 Å². The normalized spacial score (nSPS) is 21.6. The fourth-order valence-corrected chi connectivity index (χ4v) is 2.91. The van der Waals surface area contributed by atoms with E-state index in [-0.39, 0.29) is 12.1 Å². The topological polar surface area (TPSA) is 70.8 Å². The summed E-state index contributed by atoms with van der Waals surface area (Å²) < 4.78 is 5.54. The fraction of sp³-hybridized carbons (Fsp3) is 0.500. The van der Waals surface area contributed by atoms with Crippen LogP contribution in [-0.2, 0) is 0 Å². The summed E-state index contributed by atoms with van der Waals surface area (Å²) in [6.45, 7) is 5.58. The lowest BCUT2D eigenvalue weighted by atomic mass is 10.1. The molecule has 0 bridgehead atoms. The molecule has 2 heterocycles. The monoisotopic (exact) mass is 276 g/mol. The number of rotatable bonds is 3. The van der Waals surface area contributed by atoms with Crippen molar-refractivity contribution in [1.82, 2.24) is 10.2 Å². The van der Waals surface area contributed by atoms with Crippen LogP contribution in [0.3, 0.4) is 0 Å². The summed E-state index contributed by atoms with van der Waals surface area (Å²) in [5.41, 5.74) is 7.88. The van der Waals surface area contributed by atoms with Gasteiger partial charge in [-0.15, -0.1) is 0 Å². The van der Waals surface area contributed by atoms with Gasteiger partial charge in [-0.3, -0.25) is 0 Å². The summed E-state index contributed by atoms with van der Waals surface area (Å²) in [5, 5.41) is 2.88. The highest BCUT2D eigenvalue weighted by molar-refractivity contribution is 5.78. The molecular formula is C14H20N4O2. The van der Waals surface area contributed by atoms with Gasteiger partial charge in [0.1, 0.15) is 5.75 Å². The number of nitrogens with zero attached hydrogens (tertiary/aromatic N) is 2. The Balaban J connectivity index is 1.80. The summed E-state index contributed by atoms with van der Waals surface area (Å²) in [7, 11) is 0. The van der Waals surface area contributed by atoms with Gasteiger partial charge in [-0.25, -0.2) is 4.79 Å². The highest BCUT2D eigenvalue weighted by Crippen LogP contribution is 2.33. The minimum atomic E-state index is 0.0469. The molecule has 6 heteroatoms. The van der Waals surface area contributed by atoms with E-state index in [0.29, 0.717) is 18.8 Å². The molecule has 2 aliphatic rings. The third kappa shape index (κ3) is 2.11. The van der Waals surface area contributed by atoms with E-state index in [1.165, 1.54) is 0 Å². The van der Waals surface area contributed by atoms with E-state index in [1.54, 1.807) is 0 Å². The van der Waals surface area contributed by atoms with Crippen molar-refractivity contribution in [3.05, 3.63) is 18.2 Å². The quantitative estimate of drug-likeness (QED) is 0.804. The number of nitrogens with one attached hydrogen (secondary N) is 1. The molecule has 1 atom stereocenters. The van der Waals surface area contributed by atoms with Crippen LogP contribution in [0.2, 0.25) is 0 Å². The van der Waals surface area contributed by atoms with Gasteiger partial charge in [-0.1, -0.05) is 6.07 Å². The van der Waals surface area contributed by atoms with Crippen molar-refractivity contribution in [2.45, 2.75) is 13.0 Å². The molecular weight excluding hydrogens is 256 g/mol. The van der Waals surface area contributed by atoms with Gasteiger partial charge in [0.15, 0.2) is 0 Å². The molecule has 1 aromatic carbocycles. The molecule has 0 aromatic heterocycles. The lowest BCUT2D eigenvalue weighted by Crippen LogP contribution is -2.52. The van der Waals surface area contributed by atoms with Gasteiger partial charge < -0.3 is 25.6 Å². The lowest BCUT2D eigenvalue weighted by Gasteiger charge is -2.38. The van der Waals surface area contributed by atoms with Crippen molar-refractivity contribution in [3.8, 4) is 5.75 Å². The smallest absolute Gasteiger partial charge is 0.317 e. The largest absolute Gasteiger partial charge is 0.492 e. The number of carbonyl (C=O) groups is 1. The highest BCUT2D eigenvalue weighted by Gasteiger charge is 2.35. The molecule has 2 amide bonds. The second-order valence-corrected chi connectivity index (χ2v) is 5.10. The third-order valence-electron chi connectivity index (χ3n) is 3.92. The average Bonchev–Trinajstić information content (AvgIpc) is 2.82. The highest BCUT2D eigenvalue weighted by atomic mass is 16.5. The van der Waals surface area contributed by atoms with E-state index in [2.05, 4.69) is 10.2 Å². The first-order valence-electron chi connectivity index (χ1n) is 7.01. The van der Waals surface area contributed by atoms with Crippen molar-refractivity contribution in [1.29, 1.82) is 0 Å². The van der Waals surface area contributed by atoms with Gasteiger partial charge in [0.2, 0.25) is 0 Å². The summed E-state index contributed by atoms with van der Waals surface area (Å²) in [5.74, 6) is 0.730. The number of fused-ring (bicyclic) bond motifs is 1. The van der Waals surface area contributed by atoms with Crippen LogP contribution in [-0.4, -0.2) is 49.8 Å². The minimum Gasteiger partial charge on any atom is -0.492 e. The Morgan fingerprint density at radius 2 is 2.30 bits per heavy atom. The molecule has 108 valence electrons. The first-order valence-corrected chi connectivity index (χ1v) is 7.01. The third-order valence-corrected chi connectivity index (χ3v) is 3.92. The molecule has 6 nitrogen and oxygen atoms in total. The maximum absolute atomic E-state index is 11.6. The number of carbonyl (C=O) groups excluding carboxylic acids is 1. The van der Waals surface area contributed by atoms with Crippen molar-refractivity contribution >= 4 is 17.4 Å². The first-order chi connectivity index (χ1) is 9.70. The van der Waals surface area contributed by atoms with Crippen molar-refractivity contribution in [2.24, 2.45) is 0 Å². The average molecular weight is 276 g/mol. The number of nitrogen functional groups attached to an aromatic ring is 1. The van der Waals surface area contributed by atoms with E-state index in [0.717, 1.165) is 31.1 Å². The Labute approximate surface area is 118 Å². The zero-order chi connectivity index (χ0) is 14.1. The Hall–Kier alpha value is -2.11. The predicted molar refractivity (Wildman–Crippen MR) is 78.1 cm³/mol. The van der Waals surface area contributed by atoms with Crippen LogP contribution in [0.4, 0.5) is 16.2 Å². The standard InChI is InChI=1S/C14H20N4O2/c1-2-20-12-5-3-4-11(13(12)15)17-6-7-18-10(9-17)8-16-14(18)19/h3-5,10H,2,6-9,15H2,1H3,(H,16,19). The summed E-state index contributed by atoms with van der Waals surface area (Å²) in [6, 6.07) is 6.13. The minimum absolute atomic E-state index is 0.0469. The molecule has 3 N–H and O–H groups in total. The Morgan fingerprint density at radius 1 is 1.45 bits per heavy atom. The molecule has 2 saturated heterocycles. The zero-order valence-corrected chi connectivity index (χ0v) is 11.6. The van der Waals surface area contributed by atoms with Gasteiger partial charge >= 0.3 is 6.03 Å². The Kier molecular flexibility index (Phi) is 3.30. The molecule has 2 aliphatic heterocycles. The van der Waals surface area contributed by atoms with Crippen LogP contribution < -0.4 is 20.7 Å². The number of amides is 2. The number of anilines is 2. The van der Waals surface area contributed by atoms with Crippen molar-refractivity contribution < 1.29 is 9.53 Å². The Morgan fingerprint density at radius 3 is 3.10 bits per heavy atom. The maximum Gasteiger partial charge on any atom is 0.317 e. The fourth-order valence-electron chi connectivity index (χ4n) is 2.91. The van der Waals surface area contributed by atoms with Gasteiger partial charge in [0.25, 0.3) is 0 Å². The number of ether oxygens (including phenoxy) is 1. The molecule has 1 aromatic rings. The molecule has 2 fully saturated rings. The van der Waals surface area contributed by atoms with E-state index < -0.39 is 0 Å². The maximum atomic E-state index is 11.6. The van der Waals surface area contributed by atoms with Crippen LogP contribution in [0.15, 0.2) is 18.2 Å². The van der Waals surface area contributed by atoms with Crippen LogP contribution in [0.5, 0.6) is 5.75 Å². The number of para-hydroxylation sites is 1. The lowest BCUT2D eigenvalue weighted by molar-refractivity contribution is 0.197. The van der Waals surface area contributed by atoms with Gasteiger partial charge in [-0.05, 0) is 19.1 Å². The number of piperazine rings is 1. The zero-order valence-electron chi connectivity index (χ0n) is 11.6. The van der Waals surface area contributed by atoms with Crippen LogP contribution in [0.25, 0.3) is 0 Å². The second kappa shape index (κ2) is 5.11. The molecule has 0 aliphatic carbocycles. The summed E-state index contributed by atoms with van der Waals surface area (Å²) in [4.78, 5) is 15.7. The van der Waals surface area contributed by atoms with Crippen LogP contribution in [0.1, 0.15) is 6.92 Å². The second-order valence-electron chi connectivity index (χ2n) is 5.10. The number of nitrogens with two attached hydrogens (primary N) is 1. The molecule has 0 saturated carbocycles. The number of hydrogen-bond donors (Lipinski definition) is 2. The van der Waals surface area contributed by atoms with Crippen molar-refractivity contribution in [2.75, 3.05) is 43.4 Å². The van der Waals surface area contributed by atoms with Crippen LogP contribution in [0, 0.1) is 0 Å². The van der Waals surface area contributed by atoms with Crippen LogP contribution >= 0.6 is 0 Å². The Bertz CT molecular complexity index is 520. The molecule has 0 radical (unpaired) electrons. The van der Waals surface area contributed by atoms with E-state index in [9.17, 15) is 4.79 Å². The summed E-state index contributed by atoms with van der Waals surface area (Å²) in [6.07, 6.45) is 0. The number of hydrogen-bond acceptors (Lipinski definition) is 4. The number of urea groups is 1. The van der Waals surface area contributed by atoms with Gasteiger partial charge in [-0.2, -0.15) is 0 Å².